The molecule has 2 aliphatic heterocycles. The van der Waals surface area contributed by atoms with Gasteiger partial charge in [-0.2, -0.15) is 0 Å². The van der Waals surface area contributed by atoms with Crippen molar-refractivity contribution in [3.8, 4) is 0 Å². The molecule has 1 N–H and O–H groups in total. The van der Waals surface area contributed by atoms with Crippen LogP contribution in [0.3, 0.4) is 0 Å². The van der Waals surface area contributed by atoms with Crippen LogP contribution in [0.5, 0.6) is 0 Å². The number of rotatable bonds is 1. The van der Waals surface area contributed by atoms with Gasteiger partial charge >= 0.3 is 0 Å². The van der Waals surface area contributed by atoms with Gasteiger partial charge in [0.25, 0.3) is 0 Å². The lowest BCUT2D eigenvalue weighted by Gasteiger charge is -2.43. The smallest absolute Gasteiger partial charge is 0.0406 e. The number of nitrogens with zero attached hydrogens (tertiary/aromatic N) is 1. The Kier molecular flexibility index (Phi) is 3.37. The number of hydrogen-bond acceptors (Lipinski definition) is 2. The highest BCUT2D eigenvalue weighted by Gasteiger charge is 2.30. The van der Waals surface area contributed by atoms with E-state index in [9.17, 15) is 0 Å². The lowest BCUT2D eigenvalue weighted by atomic mass is 9.86. The van der Waals surface area contributed by atoms with E-state index in [2.05, 4.69) is 22.3 Å². The van der Waals surface area contributed by atoms with Crippen LogP contribution in [0.1, 0.15) is 24.3 Å². The second-order valence-electron chi connectivity index (χ2n) is 5.18. The molecule has 17 heavy (non-hydrogen) atoms. The van der Waals surface area contributed by atoms with E-state index >= 15 is 0 Å². The van der Waals surface area contributed by atoms with Gasteiger partial charge in [0.1, 0.15) is 0 Å². The molecule has 0 saturated carbocycles. The van der Waals surface area contributed by atoms with Gasteiger partial charge in [-0.15, -0.1) is 0 Å². The summed E-state index contributed by atoms with van der Waals surface area (Å²) in [4.78, 5) is 2.65. The average molecular weight is 251 g/mol. The Morgan fingerprint density at radius 3 is 2.82 bits per heavy atom. The van der Waals surface area contributed by atoms with Crippen LogP contribution in [0.2, 0.25) is 5.02 Å². The summed E-state index contributed by atoms with van der Waals surface area (Å²) in [6.07, 6.45) is 2.63. The number of benzene rings is 1. The molecule has 2 fully saturated rings. The molecule has 92 valence electrons. The van der Waals surface area contributed by atoms with Crippen molar-refractivity contribution >= 4 is 11.6 Å². The molecule has 3 heteroatoms. The van der Waals surface area contributed by atoms with E-state index < -0.39 is 0 Å². The lowest BCUT2D eigenvalue weighted by Crippen LogP contribution is -2.54. The zero-order chi connectivity index (χ0) is 11.7. The van der Waals surface area contributed by atoms with E-state index in [0.29, 0.717) is 5.92 Å². The number of hydrogen-bond donors (Lipinski definition) is 1. The van der Waals surface area contributed by atoms with Crippen molar-refractivity contribution in [2.45, 2.75) is 24.8 Å². The fraction of sp³-hybridized carbons (Fsp3) is 0.571. The maximum absolute atomic E-state index is 5.94. The van der Waals surface area contributed by atoms with Gasteiger partial charge in [-0.3, -0.25) is 4.90 Å². The van der Waals surface area contributed by atoms with E-state index in [-0.39, 0.29) is 0 Å². The van der Waals surface area contributed by atoms with Crippen LogP contribution in [0, 0.1) is 0 Å². The highest BCUT2D eigenvalue weighted by Crippen LogP contribution is 2.31. The minimum atomic E-state index is 0.696. The molecule has 1 aromatic rings. The topological polar surface area (TPSA) is 15.3 Å². The van der Waals surface area contributed by atoms with Crippen molar-refractivity contribution < 1.29 is 0 Å². The number of nitrogens with one attached hydrogen (secondary N) is 1. The van der Waals surface area contributed by atoms with Crippen molar-refractivity contribution in [3.05, 3.63) is 34.9 Å². The first-order valence-electron chi connectivity index (χ1n) is 6.53. The van der Waals surface area contributed by atoms with Crippen molar-refractivity contribution in [1.29, 1.82) is 0 Å². The maximum Gasteiger partial charge on any atom is 0.0406 e. The Morgan fingerprint density at radius 1 is 1.18 bits per heavy atom. The fourth-order valence-corrected chi connectivity index (χ4v) is 3.23. The SMILES string of the molecule is Clc1ccc(C2CC[C@@H]3CNCCN3C2)cc1. The molecule has 0 aromatic heterocycles. The van der Waals surface area contributed by atoms with Gasteiger partial charge in [-0.1, -0.05) is 23.7 Å². The van der Waals surface area contributed by atoms with Crippen LogP contribution in [0.15, 0.2) is 24.3 Å². The average Bonchev–Trinajstić information content (AvgIpc) is 2.39. The Morgan fingerprint density at radius 2 is 2.00 bits per heavy atom. The van der Waals surface area contributed by atoms with Gasteiger partial charge in [0.15, 0.2) is 0 Å². The zero-order valence-electron chi connectivity index (χ0n) is 10.0. The summed E-state index contributed by atoms with van der Waals surface area (Å²) in [7, 11) is 0. The summed E-state index contributed by atoms with van der Waals surface area (Å²) >= 11 is 5.94. The first kappa shape index (κ1) is 11.5. The largest absolute Gasteiger partial charge is 0.314 e. The summed E-state index contributed by atoms with van der Waals surface area (Å²) in [6.45, 7) is 4.74. The Balaban J connectivity index is 1.71. The molecule has 0 bridgehead atoms. The van der Waals surface area contributed by atoms with Crippen LogP contribution < -0.4 is 5.32 Å². The molecule has 0 amide bonds. The summed E-state index contributed by atoms with van der Waals surface area (Å²) in [5.41, 5.74) is 1.45. The molecule has 2 aliphatic rings. The monoisotopic (exact) mass is 250 g/mol. The van der Waals surface area contributed by atoms with Crippen LogP contribution in [0.4, 0.5) is 0 Å². The molecule has 0 aliphatic carbocycles. The molecule has 0 spiro atoms. The molecule has 2 heterocycles. The molecule has 1 unspecified atom stereocenters. The molecular formula is C14H19ClN2. The predicted molar refractivity (Wildman–Crippen MR) is 71.7 cm³/mol. The van der Waals surface area contributed by atoms with E-state index in [1.807, 2.05) is 12.1 Å². The molecule has 2 nitrogen and oxygen atoms in total. The van der Waals surface area contributed by atoms with E-state index in [1.54, 1.807) is 0 Å². The second-order valence-corrected chi connectivity index (χ2v) is 5.62. The summed E-state index contributed by atoms with van der Waals surface area (Å²) in [5, 5.41) is 4.32. The highest BCUT2D eigenvalue weighted by molar-refractivity contribution is 6.30. The van der Waals surface area contributed by atoms with E-state index in [1.165, 1.54) is 38.0 Å². The van der Waals surface area contributed by atoms with Crippen molar-refractivity contribution in [2.24, 2.45) is 0 Å². The molecule has 3 rings (SSSR count). The fourth-order valence-electron chi connectivity index (χ4n) is 3.10. The quantitative estimate of drug-likeness (QED) is 0.824. The van der Waals surface area contributed by atoms with Crippen LogP contribution in [-0.4, -0.2) is 37.1 Å². The van der Waals surface area contributed by atoms with Gasteiger partial charge in [-0.05, 0) is 36.5 Å². The van der Waals surface area contributed by atoms with Crippen LogP contribution in [-0.2, 0) is 0 Å². The lowest BCUT2D eigenvalue weighted by molar-refractivity contribution is 0.107. The number of piperidine rings is 1. The third-order valence-electron chi connectivity index (χ3n) is 4.12. The van der Waals surface area contributed by atoms with Gasteiger partial charge in [0.2, 0.25) is 0 Å². The summed E-state index contributed by atoms with van der Waals surface area (Å²) in [5.74, 6) is 0.696. The maximum atomic E-state index is 5.94. The third-order valence-corrected chi connectivity index (χ3v) is 4.37. The molecule has 2 saturated heterocycles. The standard InChI is InChI=1S/C14H19ClN2/c15-13-4-1-11(2-5-13)12-3-6-14-9-16-7-8-17(14)10-12/h1-2,4-5,12,14,16H,3,6-10H2/t12?,14-/m1/s1. The Hall–Kier alpha value is -0.570. The van der Waals surface area contributed by atoms with Crippen molar-refractivity contribution in [3.63, 3.8) is 0 Å². The van der Waals surface area contributed by atoms with Crippen molar-refractivity contribution in [1.82, 2.24) is 10.2 Å². The molecule has 1 aromatic carbocycles. The highest BCUT2D eigenvalue weighted by atomic mass is 35.5. The normalized spacial score (nSPS) is 29.9. The Bertz CT molecular complexity index is 376. The number of fused-ring (bicyclic) bond motifs is 1. The van der Waals surface area contributed by atoms with Crippen LogP contribution >= 0.6 is 11.6 Å². The van der Waals surface area contributed by atoms with Crippen LogP contribution in [0.25, 0.3) is 0 Å². The molecule has 2 atom stereocenters. The first-order valence-corrected chi connectivity index (χ1v) is 6.91. The van der Waals surface area contributed by atoms with E-state index in [0.717, 1.165) is 17.6 Å². The number of piperazine rings is 1. The minimum Gasteiger partial charge on any atom is -0.314 e. The van der Waals surface area contributed by atoms with Gasteiger partial charge in [0.05, 0.1) is 0 Å². The van der Waals surface area contributed by atoms with Gasteiger partial charge in [0, 0.05) is 37.2 Å². The predicted octanol–water partition coefficient (Wildman–Crippen LogP) is 2.49. The Labute approximate surface area is 108 Å². The van der Waals surface area contributed by atoms with Gasteiger partial charge in [-0.25, -0.2) is 0 Å². The second kappa shape index (κ2) is 4.97. The summed E-state index contributed by atoms with van der Waals surface area (Å²) < 4.78 is 0. The number of halogens is 1. The van der Waals surface area contributed by atoms with Crippen molar-refractivity contribution in [2.75, 3.05) is 26.2 Å². The van der Waals surface area contributed by atoms with Gasteiger partial charge < -0.3 is 5.32 Å². The molecule has 0 radical (unpaired) electrons. The first-order chi connectivity index (χ1) is 8.33. The molecular weight excluding hydrogens is 232 g/mol. The third kappa shape index (κ3) is 2.49. The minimum absolute atomic E-state index is 0.696. The van der Waals surface area contributed by atoms with E-state index in [4.69, 9.17) is 11.6 Å². The zero-order valence-corrected chi connectivity index (χ0v) is 10.8. The summed E-state index contributed by atoms with van der Waals surface area (Å²) in [6, 6.07) is 9.18.